The van der Waals surface area contributed by atoms with Gasteiger partial charge in [0.25, 0.3) is 5.91 Å². The van der Waals surface area contributed by atoms with E-state index < -0.39 is 6.04 Å². The molecule has 1 aliphatic heterocycles. The maximum Gasteiger partial charge on any atom is 0.256 e. The van der Waals surface area contributed by atoms with Crippen LogP contribution in [-0.2, 0) is 4.79 Å². The highest BCUT2D eigenvalue weighted by Gasteiger charge is 2.32. The minimum Gasteiger partial charge on any atom is -0.353 e. The molecule has 1 aromatic carbocycles. The predicted octanol–water partition coefficient (Wildman–Crippen LogP) is 2.38. The number of benzene rings is 1. The molecule has 0 radical (unpaired) electrons. The van der Waals surface area contributed by atoms with Crippen LogP contribution in [0.2, 0.25) is 5.02 Å². The Balaban J connectivity index is 1.86. The second-order valence-electron chi connectivity index (χ2n) is 4.45. The lowest BCUT2D eigenvalue weighted by atomic mass is 10.1. The van der Waals surface area contributed by atoms with E-state index in [-0.39, 0.29) is 5.91 Å². The van der Waals surface area contributed by atoms with Crippen LogP contribution < -0.4 is 10.6 Å². The normalized spacial score (nSPS) is 22.7. The molecule has 1 heterocycles. The summed E-state index contributed by atoms with van der Waals surface area (Å²) in [6.07, 6.45) is 2.29. The van der Waals surface area contributed by atoms with Crippen LogP contribution in [0.25, 0.3) is 0 Å². The van der Waals surface area contributed by atoms with Crippen molar-refractivity contribution >= 4 is 39.4 Å². The molecule has 18 heavy (non-hydrogen) atoms. The van der Waals surface area contributed by atoms with Crippen molar-refractivity contribution in [3.8, 4) is 0 Å². The summed E-state index contributed by atoms with van der Waals surface area (Å²) in [5, 5.41) is 6.58. The predicted molar refractivity (Wildman–Crippen MR) is 73.6 cm³/mol. The fraction of sp³-hybridized carbons (Fsp3) is 0.333. The quantitative estimate of drug-likeness (QED) is 0.876. The van der Waals surface area contributed by atoms with Crippen LogP contribution in [0.3, 0.4) is 0 Å². The van der Waals surface area contributed by atoms with Crippen molar-refractivity contribution in [3.63, 3.8) is 0 Å². The number of carbonyl (C=O) groups is 1. The van der Waals surface area contributed by atoms with Gasteiger partial charge >= 0.3 is 0 Å². The Morgan fingerprint density at radius 3 is 2.89 bits per heavy atom. The number of carbonyl (C=O) groups excluding carboxylic acids is 1. The fourth-order valence-electron chi connectivity index (χ4n) is 1.83. The van der Waals surface area contributed by atoms with Gasteiger partial charge in [0.1, 0.15) is 0 Å². The van der Waals surface area contributed by atoms with Gasteiger partial charge in [-0.25, -0.2) is 4.99 Å². The number of hydrogen-bond donors (Lipinski definition) is 2. The van der Waals surface area contributed by atoms with Crippen LogP contribution in [0.1, 0.15) is 24.4 Å². The van der Waals surface area contributed by atoms with Gasteiger partial charge in [-0.05, 0) is 25.0 Å². The van der Waals surface area contributed by atoms with Gasteiger partial charge in [0.15, 0.2) is 12.0 Å². The lowest BCUT2D eigenvalue weighted by Gasteiger charge is -2.07. The molecule has 3 rings (SSSR count). The lowest BCUT2D eigenvalue weighted by Crippen LogP contribution is -2.37. The Morgan fingerprint density at radius 1 is 1.44 bits per heavy atom. The first kappa shape index (κ1) is 12.0. The van der Waals surface area contributed by atoms with Gasteiger partial charge in [0.05, 0.1) is 0 Å². The minimum atomic E-state index is -0.502. The van der Waals surface area contributed by atoms with Crippen molar-refractivity contribution in [3.05, 3.63) is 33.3 Å². The van der Waals surface area contributed by atoms with Crippen molar-refractivity contribution in [2.75, 3.05) is 0 Å². The Labute approximate surface area is 118 Å². The van der Waals surface area contributed by atoms with Crippen LogP contribution in [-0.4, -0.2) is 17.9 Å². The van der Waals surface area contributed by atoms with E-state index in [1.54, 1.807) is 12.1 Å². The maximum absolute atomic E-state index is 11.9. The second-order valence-corrected chi connectivity index (χ2v) is 5.74. The number of nitrogens with zero attached hydrogens (tertiary/aromatic N) is 1. The van der Waals surface area contributed by atoms with E-state index in [2.05, 4.69) is 31.6 Å². The van der Waals surface area contributed by atoms with Crippen molar-refractivity contribution in [1.82, 2.24) is 10.6 Å². The van der Waals surface area contributed by atoms with Crippen LogP contribution in [0.5, 0.6) is 0 Å². The molecular weight excluding hydrogens is 318 g/mol. The first-order valence-corrected chi connectivity index (χ1v) is 6.91. The molecule has 0 bridgehead atoms. The van der Waals surface area contributed by atoms with E-state index in [1.807, 2.05) is 6.07 Å². The zero-order valence-electron chi connectivity index (χ0n) is 9.41. The van der Waals surface area contributed by atoms with Crippen LogP contribution in [0.4, 0.5) is 0 Å². The molecule has 0 aromatic heterocycles. The smallest absolute Gasteiger partial charge is 0.256 e. The molecule has 2 aliphatic rings. The van der Waals surface area contributed by atoms with E-state index in [0.717, 1.165) is 22.9 Å². The standard InChI is InChI=1S/C12H11BrClN3O/c13-9-5-6(14)1-4-8(9)10-11(18)17-12(16-10)15-7-2-3-7/h1,4-5,7,10H,2-3H2,(H2,15,16,17,18). The molecule has 4 nitrogen and oxygen atoms in total. The van der Waals surface area contributed by atoms with E-state index in [4.69, 9.17) is 11.6 Å². The van der Waals surface area contributed by atoms with Gasteiger partial charge in [-0.1, -0.05) is 33.6 Å². The highest BCUT2D eigenvalue weighted by atomic mass is 79.9. The zero-order valence-corrected chi connectivity index (χ0v) is 11.8. The summed E-state index contributed by atoms with van der Waals surface area (Å²) in [5.74, 6) is 0.468. The summed E-state index contributed by atoms with van der Waals surface area (Å²) in [6.45, 7) is 0. The average Bonchev–Trinajstić information content (AvgIpc) is 3.03. The number of hydrogen-bond acceptors (Lipinski definition) is 3. The summed E-state index contributed by atoms with van der Waals surface area (Å²) < 4.78 is 0.798. The van der Waals surface area contributed by atoms with Gasteiger partial charge in [0, 0.05) is 21.1 Å². The Kier molecular flexibility index (Phi) is 3.03. The molecule has 1 aromatic rings. The van der Waals surface area contributed by atoms with Crippen LogP contribution in [0, 0.1) is 0 Å². The molecular formula is C12H11BrClN3O. The third-order valence-electron chi connectivity index (χ3n) is 2.92. The molecule has 1 atom stereocenters. The van der Waals surface area contributed by atoms with Crippen molar-refractivity contribution in [2.24, 2.45) is 4.99 Å². The topological polar surface area (TPSA) is 53.5 Å². The number of amides is 1. The Bertz CT molecular complexity index is 542. The summed E-state index contributed by atoms with van der Waals surface area (Å²) in [5.41, 5.74) is 0.824. The number of rotatable bonds is 2. The summed E-state index contributed by atoms with van der Waals surface area (Å²) in [7, 11) is 0. The molecule has 1 aliphatic carbocycles. The average molecular weight is 329 g/mol. The summed E-state index contributed by atoms with van der Waals surface area (Å²) in [6, 6.07) is 5.32. The van der Waals surface area contributed by atoms with Crippen molar-refractivity contribution in [1.29, 1.82) is 0 Å². The van der Waals surface area contributed by atoms with Gasteiger partial charge in [0.2, 0.25) is 0 Å². The van der Waals surface area contributed by atoms with E-state index >= 15 is 0 Å². The van der Waals surface area contributed by atoms with Crippen molar-refractivity contribution in [2.45, 2.75) is 24.9 Å². The van der Waals surface area contributed by atoms with E-state index in [0.29, 0.717) is 17.0 Å². The number of nitrogens with one attached hydrogen (secondary N) is 2. The van der Waals surface area contributed by atoms with Crippen LogP contribution in [0.15, 0.2) is 27.7 Å². The largest absolute Gasteiger partial charge is 0.353 e. The van der Waals surface area contributed by atoms with Crippen LogP contribution >= 0.6 is 27.5 Å². The third kappa shape index (κ3) is 2.37. The zero-order chi connectivity index (χ0) is 12.7. The van der Waals surface area contributed by atoms with Gasteiger partial charge in [-0.3, -0.25) is 10.1 Å². The number of guanidine groups is 1. The Hall–Kier alpha value is -1.07. The number of aliphatic imine (C=N–C) groups is 1. The maximum atomic E-state index is 11.9. The van der Waals surface area contributed by atoms with Gasteiger partial charge < -0.3 is 5.32 Å². The Morgan fingerprint density at radius 2 is 2.22 bits per heavy atom. The summed E-state index contributed by atoms with van der Waals surface area (Å²) in [4.78, 5) is 16.3. The summed E-state index contributed by atoms with van der Waals surface area (Å²) >= 11 is 9.30. The SMILES string of the molecule is O=C1NC(NC2CC2)=NC1c1ccc(Cl)cc1Br. The molecule has 1 amide bonds. The van der Waals surface area contributed by atoms with E-state index in [1.165, 1.54) is 0 Å². The van der Waals surface area contributed by atoms with E-state index in [9.17, 15) is 4.79 Å². The second kappa shape index (κ2) is 4.55. The van der Waals surface area contributed by atoms with Gasteiger partial charge in [-0.15, -0.1) is 0 Å². The first-order valence-electron chi connectivity index (χ1n) is 5.73. The monoisotopic (exact) mass is 327 g/mol. The molecule has 2 N–H and O–H groups in total. The molecule has 1 unspecified atom stereocenters. The van der Waals surface area contributed by atoms with Gasteiger partial charge in [-0.2, -0.15) is 0 Å². The lowest BCUT2D eigenvalue weighted by molar-refractivity contribution is -0.120. The minimum absolute atomic E-state index is 0.110. The first-order chi connectivity index (χ1) is 8.63. The molecule has 0 spiro atoms. The highest BCUT2D eigenvalue weighted by molar-refractivity contribution is 9.10. The molecule has 6 heteroatoms. The highest BCUT2D eigenvalue weighted by Crippen LogP contribution is 2.31. The van der Waals surface area contributed by atoms with Crippen molar-refractivity contribution < 1.29 is 4.79 Å². The number of halogens is 2. The molecule has 1 saturated carbocycles. The fourth-order valence-corrected chi connectivity index (χ4v) is 2.73. The third-order valence-corrected chi connectivity index (χ3v) is 3.85. The molecule has 94 valence electrons. The molecule has 0 saturated heterocycles. The molecule has 1 fully saturated rings.